The first-order chi connectivity index (χ1) is 14.3. The van der Waals surface area contributed by atoms with Crippen LogP contribution in [0.5, 0.6) is 0 Å². The molecule has 0 aliphatic rings. The zero-order valence-corrected chi connectivity index (χ0v) is 18.2. The Kier molecular flexibility index (Phi) is 7.26. The van der Waals surface area contributed by atoms with Crippen molar-refractivity contribution in [1.29, 1.82) is 0 Å². The summed E-state index contributed by atoms with van der Waals surface area (Å²) >= 11 is 5.90. The topological polar surface area (TPSA) is 66.5 Å². The molecule has 156 valence electrons. The van der Waals surface area contributed by atoms with Gasteiger partial charge >= 0.3 is 0 Å². The summed E-state index contributed by atoms with van der Waals surface area (Å²) in [6, 6.07) is 22.9. The van der Waals surface area contributed by atoms with E-state index in [4.69, 9.17) is 11.6 Å². The van der Waals surface area contributed by atoms with Crippen molar-refractivity contribution in [2.24, 2.45) is 0 Å². The normalized spacial score (nSPS) is 11.4. The molecule has 3 rings (SSSR count). The van der Waals surface area contributed by atoms with Gasteiger partial charge in [0.05, 0.1) is 11.4 Å². The number of nitrogens with one attached hydrogen (secondary N) is 1. The van der Waals surface area contributed by atoms with Gasteiger partial charge in [0.25, 0.3) is 0 Å². The standard InChI is InChI=1S/C23H23ClN2O3S/c1-18-6-5-9-21(16-18)25-23(27)17-26(15-14-19-7-3-2-4-8-19)30(28,29)22-12-10-20(24)11-13-22/h2-13,16H,14-15,17H2,1H3,(H,25,27). The molecule has 1 N–H and O–H groups in total. The van der Waals surface area contributed by atoms with Crippen molar-refractivity contribution < 1.29 is 13.2 Å². The average molecular weight is 443 g/mol. The Bertz CT molecular complexity index is 1100. The van der Waals surface area contributed by atoms with Gasteiger partial charge in [0, 0.05) is 17.3 Å². The van der Waals surface area contributed by atoms with Crippen LogP contribution in [-0.4, -0.2) is 31.7 Å². The Morgan fingerprint density at radius 1 is 0.967 bits per heavy atom. The Morgan fingerprint density at radius 3 is 2.33 bits per heavy atom. The Balaban J connectivity index is 1.80. The van der Waals surface area contributed by atoms with Crippen LogP contribution in [0, 0.1) is 6.92 Å². The van der Waals surface area contributed by atoms with Crippen LogP contribution < -0.4 is 5.32 Å². The summed E-state index contributed by atoms with van der Waals surface area (Å²) < 4.78 is 27.6. The van der Waals surface area contributed by atoms with Crippen LogP contribution in [-0.2, 0) is 21.2 Å². The number of hydrogen-bond donors (Lipinski definition) is 1. The number of sulfonamides is 1. The Hall–Kier alpha value is -2.67. The Labute approximate surface area is 182 Å². The zero-order valence-electron chi connectivity index (χ0n) is 16.6. The fourth-order valence-corrected chi connectivity index (χ4v) is 4.54. The minimum atomic E-state index is -3.87. The molecule has 0 fully saturated rings. The number of carbonyl (C=O) groups is 1. The van der Waals surface area contributed by atoms with E-state index in [0.717, 1.165) is 11.1 Å². The summed E-state index contributed by atoms with van der Waals surface area (Å²) in [5.41, 5.74) is 2.63. The molecule has 7 heteroatoms. The van der Waals surface area contributed by atoms with Gasteiger partial charge in [0.1, 0.15) is 0 Å². The maximum atomic E-state index is 13.2. The number of amides is 1. The van der Waals surface area contributed by atoms with Crippen molar-refractivity contribution in [3.05, 3.63) is 95.0 Å². The first-order valence-electron chi connectivity index (χ1n) is 9.51. The van der Waals surface area contributed by atoms with E-state index in [1.807, 2.05) is 55.5 Å². The highest BCUT2D eigenvalue weighted by molar-refractivity contribution is 7.89. The van der Waals surface area contributed by atoms with E-state index in [9.17, 15) is 13.2 Å². The minimum absolute atomic E-state index is 0.100. The number of carbonyl (C=O) groups excluding carboxylic acids is 1. The summed E-state index contributed by atoms with van der Waals surface area (Å²) in [4.78, 5) is 12.7. The first-order valence-corrected chi connectivity index (χ1v) is 11.3. The maximum absolute atomic E-state index is 13.2. The molecule has 0 aromatic heterocycles. The van der Waals surface area contributed by atoms with Crippen molar-refractivity contribution in [3.63, 3.8) is 0 Å². The van der Waals surface area contributed by atoms with E-state index >= 15 is 0 Å². The van der Waals surface area contributed by atoms with Gasteiger partial charge in [-0.05, 0) is 60.9 Å². The lowest BCUT2D eigenvalue weighted by Gasteiger charge is -2.22. The van der Waals surface area contributed by atoms with Crippen LogP contribution in [0.2, 0.25) is 5.02 Å². The molecule has 3 aromatic rings. The largest absolute Gasteiger partial charge is 0.325 e. The fourth-order valence-electron chi connectivity index (χ4n) is 3.02. The summed E-state index contributed by atoms with van der Waals surface area (Å²) in [7, 11) is -3.87. The lowest BCUT2D eigenvalue weighted by Crippen LogP contribution is -2.39. The molecule has 0 saturated carbocycles. The Morgan fingerprint density at radius 2 is 1.67 bits per heavy atom. The fraction of sp³-hybridized carbons (Fsp3) is 0.174. The number of rotatable bonds is 8. The summed E-state index contributed by atoms with van der Waals surface area (Å²) in [6.07, 6.45) is 0.491. The molecule has 3 aromatic carbocycles. The highest BCUT2D eigenvalue weighted by Crippen LogP contribution is 2.19. The third-order valence-electron chi connectivity index (χ3n) is 4.57. The predicted octanol–water partition coefficient (Wildman–Crippen LogP) is 4.52. The molecule has 0 bridgehead atoms. The molecule has 0 spiro atoms. The van der Waals surface area contributed by atoms with Gasteiger partial charge in [-0.25, -0.2) is 8.42 Å². The SMILES string of the molecule is Cc1cccc(NC(=O)CN(CCc2ccccc2)S(=O)(=O)c2ccc(Cl)cc2)c1. The van der Waals surface area contributed by atoms with E-state index in [2.05, 4.69) is 5.32 Å². The third kappa shape index (κ3) is 5.92. The number of anilines is 1. The molecule has 0 radical (unpaired) electrons. The van der Waals surface area contributed by atoms with E-state index < -0.39 is 15.9 Å². The monoisotopic (exact) mass is 442 g/mol. The number of nitrogens with zero attached hydrogens (tertiary/aromatic N) is 1. The van der Waals surface area contributed by atoms with Crippen molar-refractivity contribution in [2.45, 2.75) is 18.2 Å². The van der Waals surface area contributed by atoms with Crippen LogP contribution >= 0.6 is 11.6 Å². The van der Waals surface area contributed by atoms with Gasteiger partial charge in [-0.2, -0.15) is 4.31 Å². The highest BCUT2D eigenvalue weighted by Gasteiger charge is 2.26. The summed E-state index contributed by atoms with van der Waals surface area (Å²) in [6.45, 7) is 1.81. The minimum Gasteiger partial charge on any atom is -0.325 e. The summed E-state index contributed by atoms with van der Waals surface area (Å²) in [5.74, 6) is -0.397. The zero-order chi connectivity index (χ0) is 21.6. The second-order valence-corrected chi connectivity index (χ2v) is 9.32. The molecular weight excluding hydrogens is 420 g/mol. The lowest BCUT2D eigenvalue weighted by molar-refractivity contribution is -0.116. The van der Waals surface area contributed by atoms with Crippen LogP contribution in [0.25, 0.3) is 0 Å². The number of halogens is 1. The van der Waals surface area contributed by atoms with Crippen molar-refractivity contribution in [3.8, 4) is 0 Å². The van der Waals surface area contributed by atoms with Gasteiger partial charge in [-0.3, -0.25) is 4.79 Å². The van der Waals surface area contributed by atoms with Gasteiger partial charge in [-0.15, -0.1) is 0 Å². The first kappa shape index (κ1) is 22.0. The lowest BCUT2D eigenvalue weighted by atomic mass is 10.1. The molecule has 30 heavy (non-hydrogen) atoms. The number of aryl methyl sites for hydroxylation is 1. The molecule has 0 heterocycles. The molecular formula is C23H23ClN2O3S. The van der Waals surface area contributed by atoms with Crippen molar-refractivity contribution >= 4 is 33.2 Å². The second-order valence-electron chi connectivity index (χ2n) is 6.95. The van der Waals surface area contributed by atoms with Gasteiger partial charge < -0.3 is 5.32 Å². The molecule has 0 saturated heterocycles. The molecule has 0 aliphatic carbocycles. The van der Waals surface area contributed by atoms with Gasteiger partial charge in [0.15, 0.2) is 0 Å². The van der Waals surface area contributed by atoms with Crippen LogP contribution in [0.15, 0.2) is 83.8 Å². The van der Waals surface area contributed by atoms with Crippen LogP contribution in [0.1, 0.15) is 11.1 Å². The highest BCUT2D eigenvalue weighted by atomic mass is 35.5. The quantitative estimate of drug-likeness (QED) is 0.557. The molecule has 0 atom stereocenters. The molecule has 1 amide bonds. The average Bonchev–Trinajstić information content (AvgIpc) is 2.72. The number of benzene rings is 3. The summed E-state index contributed by atoms with van der Waals surface area (Å²) in [5, 5.41) is 3.22. The van der Waals surface area contributed by atoms with E-state index in [0.29, 0.717) is 17.1 Å². The van der Waals surface area contributed by atoms with Crippen LogP contribution in [0.4, 0.5) is 5.69 Å². The van der Waals surface area contributed by atoms with Crippen molar-refractivity contribution in [2.75, 3.05) is 18.4 Å². The van der Waals surface area contributed by atoms with Crippen LogP contribution in [0.3, 0.4) is 0 Å². The van der Waals surface area contributed by atoms with E-state index in [-0.39, 0.29) is 18.0 Å². The van der Waals surface area contributed by atoms with Gasteiger partial charge in [-0.1, -0.05) is 54.1 Å². The second kappa shape index (κ2) is 9.89. The number of hydrogen-bond acceptors (Lipinski definition) is 3. The molecule has 0 aliphatic heterocycles. The maximum Gasteiger partial charge on any atom is 0.243 e. The smallest absolute Gasteiger partial charge is 0.243 e. The van der Waals surface area contributed by atoms with Crippen molar-refractivity contribution in [1.82, 2.24) is 4.31 Å². The molecule has 5 nitrogen and oxygen atoms in total. The van der Waals surface area contributed by atoms with E-state index in [1.165, 1.54) is 28.6 Å². The van der Waals surface area contributed by atoms with Gasteiger partial charge in [0.2, 0.25) is 15.9 Å². The van der Waals surface area contributed by atoms with E-state index in [1.54, 1.807) is 6.07 Å². The third-order valence-corrected chi connectivity index (χ3v) is 6.68. The molecule has 0 unspecified atom stereocenters. The predicted molar refractivity (Wildman–Crippen MR) is 120 cm³/mol.